The Bertz CT molecular complexity index is 348. The van der Waals surface area contributed by atoms with E-state index < -0.39 is 10.1 Å². The fourth-order valence-corrected chi connectivity index (χ4v) is 0.828. The van der Waals surface area contributed by atoms with Crippen molar-refractivity contribution in [3.8, 4) is 5.75 Å². The molecule has 0 heterocycles. The number of benzene rings is 1. The lowest BCUT2D eigenvalue weighted by Crippen LogP contribution is -2.12. The molecule has 4 nitrogen and oxygen atoms in total. The lowest BCUT2D eigenvalue weighted by molar-refractivity contribution is 0.444. The first-order chi connectivity index (χ1) is 6.08. The summed E-state index contributed by atoms with van der Waals surface area (Å²) in [5.41, 5.74) is 0. The second-order valence-electron chi connectivity index (χ2n) is 2.33. The summed E-state index contributed by atoms with van der Waals surface area (Å²) in [6, 6.07) is 8.72. The molecule has 1 rings (SSSR count). The number of hydrogen-bond donors (Lipinski definition) is 0. The predicted molar refractivity (Wildman–Crippen MR) is 48.8 cm³/mol. The third kappa shape index (κ3) is 4.54. The van der Waals surface area contributed by atoms with Gasteiger partial charge in [0, 0.05) is 0 Å². The van der Waals surface area contributed by atoms with Gasteiger partial charge in [-0.15, -0.1) is 0 Å². The Labute approximate surface area is 77.9 Å². The molecule has 0 aromatic heterocycles. The van der Waals surface area contributed by atoms with Crippen LogP contribution in [0.1, 0.15) is 0 Å². The van der Waals surface area contributed by atoms with E-state index in [1.165, 1.54) is 0 Å². The van der Waals surface area contributed by atoms with Crippen molar-refractivity contribution >= 4 is 17.8 Å². The van der Waals surface area contributed by atoms with Gasteiger partial charge in [0.2, 0.25) is 0 Å². The lowest BCUT2D eigenvalue weighted by Gasteiger charge is -2.02. The molecule has 0 N–H and O–H groups in total. The molecule has 0 unspecified atom stereocenters. The van der Waals surface area contributed by atoms with Crippen LogP contribution >= 0.6 is 0 Å². The highest BCUT2D eigenvalue weighted by atomic mass is 32.2. The first-order valence-corrected chi connectivity index (χ1v) is 5.31. The fourth-order valence-electron chi connectivity index (χ4n) is 0.646. The van der Waals surface area contributed by atoms with E-state index in [2.05, 4.69) is 4.10 Å². The molecule has 0 aliphatic carbocycles. The Balaban J connectivity index is 2.37. The van der Waals surface area contributed by atoms with Crippen molar-refractivity contribution in [2.45, 2.75) is 0 Å². The van der Waals surface area contributed by atoms with Gasteiger partial charge < -0.3 is 4.65 Å². The molecule has 13 heavy (non-hydrogen) atoms. The van der Waals surface area contributed by atoms with Crippen LogP contribution in [0, 0.1) is 0 Å². The summed E-state index contributed by atoms with van der Waals surface area (Å²) in [5, 5.41) is 0. The predicted octanol–water partition coefficient (Wildman–Crippen LogP) is 0.576. The second kappa shape index (κ2) is 4.29. The zero-order chi connectivity index (χ0) is 9.73. The monoisotopic (exact) mass is 199 g/mol. The number of para-hydroxylation sites is 1. The van der Waals surface area contributed by atoms with Crippen molar-refractivity contribution in [2.24, 2.45) is 0 Å². The van der Waals surface area contributed by atoms with Crippen LogP contribution in [0.4, 0.5) is 0 Å². The van der Waals surface area contributed by atoms with Gasteiger partial charge in [-0.1, -0.05) is 18.2 Å². The molecule has 0 amide bonds. The van der Waals surface area contributed by atoms with Crippen LogP contribution in [0.3, 0.4) is 0 Å². The summed E-state index contributed by atoms with van der Waals surface area (Å²) < 4.78 is 30.1. The molecule has 0 spiro atoms. The van der Waals surface area contributed by atoms with Crippen molar-refractivity contribution in [3.05, 3.63) is 30.3 Å². The van der Waals surface area contributed by atoms with E-state index in [0.29, 0.717) is 5.75 Å². The van der Waals surface area contributed by atoms with Crippen molar-refractivity contribution in [2.75, 3.05) is 6.26 Å². The molecule has 0 saturated carbocycles. The zero-order valence-electron chi connectivity index (χ0n) is 7.01. The van der Waals surface area contributed by atoms with Crippen molar-refractivity contribution in [1.82, 2.24) is 0 Å². The fraction of sp³-hybridized carbons (Fsp3) is 0.143. The van der Waals surface area contributed by atoms with Crippen LogP contribution in [-0.4, -0.2) is 22.4 Å². The van der Waals surface area contributed by atoms with E-state index in [0.717, 1.165) is 13.9 Å². The van der Waals surface area contributed by atoms with Gasteiger partial charge in [0.15, 0.2) is 0 Å². The van der Waals surface area contributed by atoms with Gasteiger partial charge in [-0.05, 0) is 12.1 Å². The van der Waals surface area contributed by atoms with Crippen LogP contribution in [-0.2, 0) is 14.2 Å². The van der Waals surface area contributed by atoms with E-state index in [1.807, 2.05) is 6.07 Å². The molecule has 69 valence electrons. The van der Waals surface area contributed by atoms with Crippen molar-refractivity contribution < 1.29 is 17.2 Å². The largest absolute Gasteiger partial charge is 0.588 e. The van der Waals surface area contributed by atoms with E-state index in [1.54, 1.807) is 24.3 Å². The van der Waals surface area contributed by atoms with Gasteiger partial charge in [-0.25, -0.2) is 8.42 Å². The molecule has 0 fully saturated rings. The Morgan fingerprint density at radius 2 is 1.85 bits per heavy atom. The highest BCUT2D eigenvalue weighted by Gasteiger charge is 2.05. The standard InChI is InChI=1S/C7H8BO4S/c1-13(9,10)12-8-11-7-5-3-2-4-6-7/h2-6H,1H3. The van der Waals surface area contributed by atoms with Gasteiger partial charge in [-0.2, -0.15) is 0 Å². The summed E-state index contributed by atoms with van der Waals surface area (Å²) >= 11 is 0. The molecule has 1 aromatic rings. The Morgan fingerprint density at radius 3 is 2.38 bits per heavy atom. The van der Waals surface area contributed by atoms with Crippen LogP contribution in [0.25, 0.3) is 0 Å². The molecular formula is C7H8BO4S. The molecule has 0 bridgehead atoms. The van der Waals surface area contributed by atoms with Gasteiger partial charge in [0.05, 0.1) is 12.0 Å². The molecule has 0 atom stereocenters. The molecule has 0 aliphatic rings. The Morgan fingerprint density at radius 1 is 1.23 bits per heavy atom. The van der Waals surface area contributed by atoms with Crippen LogP contribution in [0.2, 0.25) is 0 Å². The SMILES string of the molecule is CS(=O)(=O)O[B]Oc1ccccc1. The quantitative estimate of drug-likeness (QED) is 0.665. The maximum absolute atomic E-state index is 10.5. The molecule has 6 heteroatoms. The topological polar surface area (TPSA) is 52.6 Å². The average Bonchev–Trinajstić information content (AvgIpc) is 2.04. The number of rotatable bonds is 4. The summed E-state index contributed by atoms with van der Waals surface area (Å²) in [6.07, 6.45) is 0.942. The summed E-state index contributed by atoms with van der Waals surface area (Å²) in [7, 11) is -2.69. The molecule has 0 aliphatic heterocycles. The maximum atomic E-state index is 10.5. The third-order valence-electron chi connectivity index (χ3n) is 1.14. The molecule has 1 aromatic carbocycles. The minimum atomic E-state index is -3.47. The molecule has 1 radical (unpaired) electrons. The van der Waals surface area contributed by atoms with Gasteiger partial charge in [0.25, 0.3) is 10.1 Å². The minimum absolute atomic E-state index is 0.520. The van der Waals surface area contributed by atoms with Crippen LogP contribution in [0.5, 0.6) is 5.75 Å². The minimum Gasteiger partial charge on any atom is -0.537 e. The smallest absolute Gasteiger partial charge is 0.537 e. The van der Waals surface area contributed by atoms with Crippen LogP contribution in [0.15, 0.2) is 30.3 Å². The first-order valence-electron chi connectivity index (χ1n) is 3.49. The molecule has 0 saturated heterocycles. The highest BCUT2D eigenvalue weighted by Crippen LogP contribution is 2.07. The Kier molecular flexibility index (Phi) is 3.33. The molecular weight excluding hydrogens is 191 g/mol. The van der Waals surface area contributed by atoms with E-state index in [4.69, 9.17) is 4.65 Å². The van der Waals surface area contributed by atoms with Crippen molar-refractivity contribution in [3.63, 3.8) is 0 Å². The van der Waals surface area contributed by atoms with E-state index >= 15 is 0 Å². The maximum Gasteiger partial charge on any atom is 0.588 e. The summed E-state index contributed by atoms with van der Waals surface area (Å²) in [6.45, 7) is 0. The average molecular weight is 199 g/mol. The normalized spacial score (nSPS) is 10.8. The third-order valence-corrected chi connectivity index (χ3v) is 1.57. The lowest BCUT2D eigenvalue weighted by atomic mass is 10.3. The van der Waals surface area contributed by atoms with Gasteiger partial charge >= 0.3 is 7.69 Å². The highest BCUT2D eigenvalue weighted by molar-refractivity contribution is 7.86. The van der Waals surface area contributed by atoms with Gasteiger partial charge in [-0.3, -0.25) is 4.10 Å². The number of hydrogen-bond acceptors (Lipinski definition) is 4. The van der Waals surface area contributed by atoms with E-state index in [-0.39, 0.29) is 0 Å². The first kappa shape index (κ1) is 10.1. The zero-order valence-corrected chi connectivity index (χ0v) is 7.82. The van der Waals surface area contributed by atoms with E-state index in [9.17, 15) is 8.42 Å². The second-order valence-corrected chi connectivity index (χ2v) is 3.93. The summed E-state index contributed by atoms with van der Waals surface area (Å²) in [4.78, 5) is 0. The van der Waals surface area contributed by atoms with Crippen LogP contribution < -0.4 is 4.65 Å². The summed E-state index contributed by atoms with van der Waals surface area (Å²) in [5.74, 6) is 0.520. The van der Waals surface area contributed by atoms with Crippen molar-refractivity contribution in [1.29, 1.82) is 0 Å². The Hall–Kier alpha value is -1.01. The van der Waals surface area contributed by atoms with Gasteiger partial charge in [0.1, 0.15) is 0 Å².